The van der Waals surface area contributed by atoms with Crippen molar-refractivity contribution in [2.24, 2.45) is 0 Å². The molecule has 1 amide bonds. The Balaban J connectivity index is 1.45. The number of nitrogens with one attached hydrogen (secondary N) is 1. The standard InChI is InChI=1S/C24H16N2O5S/c1-14-6-8-15(9-7-14)19-13-22(31-26-19)25-24(28)16-10-11-18-21(12-16)32(29,30)20-5-3-2-4-17(20)23(18)27/h2-13H,1H3,(H,25,28). The zero-order chi connectivity index (χ0) is 22.5. The third-order valence-corrected chi connectivity index (χ3v) is 7.15. The summed E-state index contributed by atoms with van der Waals surface area (Å²) in [5, 5.41) is 6.54. The number of nitrogens with zero attached hydrogens (tertiary/aromatic N) is 1. The van der Waals surface area contributed by atoms with E-state index in [1.54, 1.807) is 18.2 Å². The van der Waals surface area contributed by atoms with Gasteiger partial charge in [-0.05, 0) is 37.3 Å². The quantitative estimate of drug-likeness (QED) is 0.445. The smallest absolute Gasteiger partial charge is 0.258 e. The molecule has 1 aromatic heterocycles. The van der Waals surface area contributed by atoms with Crippen molar-refractivity contribution in [1.82, 2.24) is 5.16 Å². The van der Waals surface area contributed by atoms with Crippen LogP contribution in [0.1, 0.15) is 31.8 Å². The number of fused-ring (bicyclic) bond motifs is 2. The minimum Gasteiger partial charge on any atom is -0.338 e. The van der Waals surface area contributed by atoms with Crippen molar-refractivity contribution in [3.05, 3.63) is 95.1 Å². The van der Waals surface area contributed by atoms with E-state index in [4.69, 9.17) is 4.52 Å². The fourth-order valence-electron chi connectivity index (χ4n) is 3.60. The zero-order valence-electron chi connectivity index (χ0n) is 16.8. The number of carbonyl (C=O) groups is 2. The van der Waals surface area contributed by atoms with Gasteiger partial charge in [-0.1, -0.05) is 47.1 Å². The fraction of sp³-hybridized carbons (Fsp3) is 0.0417. The molecule has 0 bridgehead atoms. The van der Waals surface area contributed by atoms with Crippen molar-refractivity contribution in [3.63, 3.8) is 0 Å². The largest absolute Gasteiger partial charge is 0.338 e. The first kappa shape index (κ1) is 19.9. The first-order chi connectivity index (χ1) is 15.3. The van der Waals surface area contributed by atoms with E-state index in [2.05, 4.69) is 10.5 Å². The summed E-state index contributed by atoms with van der Waals surface area (Å²) in [6.45, 7) is 1.98. The van der Waals surface area contributed by atoms with E-state index in [1.165, 1.54) is 30.3 Å². The highest BCUT2D eigenvalue weighted by Gasteiger charge is 2.35. The van der Waals surface area contributed by atoms with E-state index in [1.807, 2.05) is 31.2 Å². The minimum atomic E-state index is -3.94. The SMILES string of the molecule is Cc1ccc(-c2cc(NC(=O)c3ccc4c(c3)S(=O)(=O)c3ccccc3C4=O)on2)cc1. The van der Waals surface area contributed by atoms with Gasteiger partial charge in [-0.3, -0.25) is 14.9 Å². The predicted octanol–water partition coefficient (Wildman–Crippen LogP) is 4.28. The van der Waals surface area contributed by atoms with Gasteiger partial charge in [-0.2, -0.15) is 0 Å². The van der Waals surface area contributed by atoms with Crippen LogP contribution in [0.4, 0.5) is 5.88 Å². The molecule has 158 valence electrons. The Morgan fingerprint density at radius 2 is 1.62 bits per heavy atom. The maximum absolute atomic E-state index is 13.0. The van der Waals surface area contributed by atoms with Crippen molar-refractivity contribution in [2.75, 3.05) is 5.32 Å². The van der Waals surface area contributed by atoms with Crippen LogP contribution in [-0.4, -0.2) is 25.3 Å². The Morgan fingerprint density at radius 3 is 2.41 bits per heavy atom. The molecule has 8 heteroatoms. The number of aromatic nitrogens is 1. The molecule has 0 radical (unpaired) electrons. The van der Waals surface area contributed by atoms with Crippen LogP contribution in [0.5, 0.6) is 0 Å². The van der Waals surface area contributed by atoms with Crippen LogP contribution in [0, 0.1) is 6.92 Å². The third kappa shape index (κ3) is 3.21. The number of carbonyl (C=O) groups excluding carboxylic acids is 2. The van der Waals surface area contributed by atoms with Gasteiger partial charge in [0.15, 0.2) is 5.78 Å². The molecule has 1 aliphatic heterocycles. The number of hydrogen-bond acceptors (Lipinski definition) is 6. The van der Waals surface area contributed by atoms with Crippen molar-refractivity contribution in [3.8, 4) is 11.3 Å². The highest BCUT2D eigenvalue weighted by atomic mass is 32.2. The summed E-state index contributed by atoms with van der Waals surface area (Å²) >= 11 is 0. The molecule has 2 heterocycles. The molecule has 1 aliphatic rings. The molecule has 0 fully saturated rings. The molecular formula is C24H16N2O5S. The molecule has 0 atom stereocenters. The van der Waals surface area contributed by atoms with E-state index < -0.39 is 21.5 Å². The third-order valence-electron chi connectivity index (χ3n) is 5.29. The summed E-state index contributed by atoms with van der Waals surface area (Å²) in [5.41, 5.74) is 2.73. The Hall–Kier alpha value is -4.04. The Morgan fingerprint density at radius 1 is 0.906 bits per heavy atom. The summed E-state index contributed by atoms with van der Waals surface area (Å²) in [6.07, 6.45) is 0. The number of rotatable bonds is 3. The van der Waals surface area contributed by atoms with Gasteiger partial charge in [0.1, 0.15) is 5.69 Å². The number of ketones is 1. The second kappa shape index (κ2) is 7.28. The lowest BCUT2D eigenvalue weighted by molar-refractivity contribution is 0.101. The molecule has 32 heavy (non-hydrogen) atoms. The predicted molar refractivity (Wildman–Crippen MR) is 116 cm³/mol. The molecule has 3 aromatic carbocycles. The number of benzene rings is 3. The van der Waals surface area contributed by atoms with Gasteiger partial charge in [-0.25, -0.2) is 8.42 Å². The molecule has 5 rings (SSSR count). The lowest BCUT2D eigenvalue weighted by atomic mass is 10.0. The summed E-state index contributed by atoms with van der Waals surface area (Å²) < 4.78 is 31.3. The second-order valence-corrected chi connectivity index (χ2v) is 9.32. The number of amides is 1. The first-order valence-corrected chi connectivity index (χ1v) is 11.2. The molecule has 0 saturated heterocycles. The number of hydrogen-bond donors (Lipinski definition) is 1. The van der Waals surface area contributed by atoms with Gasteiger partial charge in [-0.15, -0.1) is 0 Å². The van der Waals surface area contributed by atoms with E-state index >= 15 is 0 Å². The fourth-order valence-corrected chi connectivity index (χ4v) is 5.28. The van der Waals surface area contributed by atoms with E-state index in [0.717, 1.165) is 11.1 Å². The highest BCUT2D eigenvalue weighted by molar-refractivity contribution is 7.91. The van der Waals surface area contributed by atoms with Gasteiger partial charge >= 0.3 is 0 Å². The van der Waals surface area contributed by atoms with Crippen LogP contribution < -0.4 is 5.32 Å². The summed E-state index contributed by atoms with van der Waals surface area (Å²) in [4.78, 5) is 25.2. The molecular weight excluding hydrogens is 428 g/mol. The second-order valence-electron chi connectivity index (χ2n) is 7.44. The van der Waals surface area contributed by atoms with Gasteiger partial charge in [0, 0.05) is 28.3 Å². The number of anilines is 1. The summed E-state index contributed by atoms with van der Waals surface area (Å²) in [5.74, 6) is -0.858. The van der Waals surface area contributed by atoms with Crippen LogP contribution in [0.2, 0.25) is 0 Å². The summed E-state index contributed by atoms with van der Waals surface area (Å²) in [7, 11) is -3.94. The van der Waals surface area contributed by atoms with Gasteiger partial charge < -0.3 is 4.52 Å². The molecule has 0 unspecified atom stereocenters. The van der Waals surface area contributed by atoms with Gasteiger partial charge in [0.05, 0.1) is 9.79 Å². The topological polar surface area (TPSA) is 106 Å². The molecule has 0 saturated carbocycles. The van der Waals surface area contributed by atoms with Gasteiger partial charge in [0.25, 0.3) is 5.91 Å². The molecule has 4 aromatic rings. The minimum absolute atomic E-state index is 0.0431. The molecule has 0 aliphatic carbocycles. The number of aryl methyl sites for hydroxylation is 1. The van der Waals surface area contributed by atoms with Crippen molar-refractivity contribution >= 4 is 27.4 Å². The highest BCUT2D eigenvalue weighted by Crippen LogP contribution is 2.35. The summed E-state index contributed by atoms with van der Waals surface area (Å²) in [6, 6.07) is 19.3. The monoisotopic (exact) mass is 444 g/mol. The first-order valence-electron chi connectivity index (χ1n) is 9.72. The normalized spacial score (nSPS) is 13.8. The van der Waals surface area contributed by atoms with E-state index in [0.29, 0.717) is 5.69 Å². The van der Waals surface area contributed by atoms with Crippen LogP contribution >= 0.6 is 0 Å². The van der Waals surface area contributed by atoms with Gasteiger partial charge in [0.2, 0.25) is 15.7 Å². The van der Waals surface area contributed by atoms with Crippen molar-refractivity contribution in [2.45, 2.75) is 16.7 Å². The van der Waals surface area contributed by atoms with Crippen molar-refractivity contribution in [1.29, 1.82) is 0 Å². The average Bonchev–Trinajstić information content (AvgIpc) is 3.26. The average molecular weight is 444 g/mol. The van der Waals surface area contributed by atoms with E-state index in [9.17, 15) is 18.0 Å². The van der Waals surface area contributed by atoms with Crippen LogP contribution in [0.15, 0.2) is 87.1 Å². The molecule has 1 N–H and O–H groups in total. The molecule has 7 nitrogen and oxygen atoms in total. The van der Waals surface area contributed by atoms with Crippen LogP contribution in [0.3, 0.4) is 0 Å². The Bertz CT molecular complexity index is 1500. The Labute approximate surface area is 183 Å². The maximum Gasteiger partial charge on any atom is 0.258 e. The van der Waals surface area contributed by atoms with Crippen LogP contribution in [0.25, 0.3) is 11.3 Å². The molecule has 0 spiro atoms. The van der Waals surface area contributed by atoms with E-state index in [-0.39, 0.29) is 32.4 Å². The zero-order valence-corrected chi connectivity index (χ0v) is 17.6. The van der Waals surface area contributed by atoms with Crippen LogP contribution in [-0.2, 0) is 9.84 Å². The van der Waals surface area contributed by atoms with Crippen molar-refractivity contribution < 1.29 is 22.5 Å². The lowest BCUT2D eigenvalue weighted by Gasteiger charge is -2.19. The lowest BCUT2D eigenvalue weighted by Crippen LogP contribution is -2.21. The number of sulfone groups is 1. The Kier molecular flexibility index (Phi) is 4.53. The maximum atomic E-state index is 13.0.